The quantitative estimate of drug-likeness (QED) is 0.653. The molecule has 0 amide bonds. The first-order valence-corrected chi connectivity index (χ1v) is 6.93. The van der Waals surface area contributed by atoms with Crippen LogP contribution in [0.1, 0.15) is 65.7 Å². The van der Waals surface area contributed by atoms with Gasteiger partial charge in [0, 0.05) is 5.92 Å². The second-order valence-corrected chi connectivity index (χ2v) is 7.28. The fraction of sp³-hybridized carbons (Fsp3) is 0.933. The Kier molecular flexibility index (Phi) is 1.97. The zero-order valence-electron chi connectivity index (χ0n) is 10.9. The zero-order valence-corrected chi connectivity index (χ0v) is 10.9. The van der Waals surface area contributed by atoms with Gasteiger partial charge in [-0.05, 0) is 61.7 Å². The number of rotatable bonds is 1. The van der Waals surface area contributed by atoms with Crippen molar-refractivity contribution < 1.29 is 4.79 Å². The van der Waals surface area contributed by atoms with Gasteiger partial charge in [-0.3, -0.25) is 4.79 Å². The van der Waals surface area contributed by atoms with Crippen LogP contribution in [0, 0.1) is 22.2 Å². The summed E-state index contributed by atoms with van der Waals surface area (Å²) in [6, 6.07) is 0. The monoisotopic (exact) mass is 220 g/mol. The minimum absolute atomic E-state index is 0.382. The van der Waals surface area contributed by atoms with Crippen LogP contribution in [0.25, 0.3) is 0 Å². The summed E-state index contributed by atoms with van der Waals surface area (Å²) < 4.78 is 0. The molecule has 1 spiro atoms. The van der Waals surface area contributed by atoms with Crippen LogP contribution in [0.2, 0.25) is 0 Å². The molecule has 0 N–H and O–H groups in total. The molecule has 3 aliphatic carbocycles. The summed E-state index contributed by atoms with van der Waals surface area (Å²) >= 11 is 0. The number of carbonyl (C=O) groups is 1. The van der Waals surface area contributed by atoms with Crippen molar-refractivity contribution in [1.29, 1.82) is 0 Å². The fourth-order valence-electron chi connectivity index (χ4n) is 5.29. The van der Waals surface area contributed by atoms with E-state index in [9.17, 15) is 4.79 Å². The molecule has 3 fully saturated rings. The summed E-state index contributed by atoms with van der Waals surface area (Å²) in [4.78, 5) is 11.6. The van der Waals surface area contributed by atoms with Gasteiger partial charge in [-0.25, -0.2) is 0 Å². The van der Waals surface area contributed by atoms with Crippen LogP contribution in [0.3, 0.4) is 0 Å². The van der Waals surface area contributed by atoms with Gasteiger partial charge >= 0.3 is 0 Å². The van der Waals surface area contributed by atoms with E-state index in [-0.39, 0.29) is 0 Å². The van der Waals surface area contributed by atoms with Crippen LogP contribution in [0.5, 0.6) is 0 Å². The SMILES string of the molecule is CC(=O)C1CC[C@@]2(C)CCCC3(C)C[C@]32C1. The van der Waals surface area contributed by atoms with Crippen LogP contribution in [0.4, 0.5) is 0 Å². The number of Topliss-reactive ketones (excluding diaryl/α,β-unsaturated/α-hetero) is 1. The summed E-state index contributed by atoms with van der Waals surface area (Å²) in [5, 5.41) is 0. The van der Waals surface area contributed by atoms with Gasteiger partial charge in [0.15, 0.2) is 0 Å². The van der Waals surface area contributed by atoms with Gasteiger partial charge in [0.05, 0.1) is 0 Å². The van der Waals surface area contributed by atoms with Crippen LogP contribution in [0.15, 0.2) is 0 Å². The third kappa shape index (κ3) is 1.10. The molecule has 1 nitrogen and oxygen atoms in total. The van der Waals surface area contributed by atoms with Gasteiger partial charge in [-0.2, -0.15) is 0 Å². The molecule has 0 radical (unpaired) electrons. The Morgan fingerprint density at radius 2 is 1.81 bits per heavy atom. The van der Waals surface area contributed by atoms with Gasteiger partial charge in [0.1, 0.15) is 5.78 Å². The highest BCUT2D eigenvalue weighted by Gasteiger charge is 2.73. The highest BCUT2D eigenvalue weighted by molar-refractivity contribution is 5.78. The minimum atomic E-state index is 0.382. The number of hydrogen-bond donors (Lipinski definition) is 0. The van der Waals surface area contributed by atoms with E-state index >= 15 is 0 Å². The molecule has 16 heavy (non-hydrogen) atoms. The van der Waals surface area contributed by atoms with E-state index in [4.69, 9.17) is 0 Å². The summed E-state index contributed by atoms with van der Waals surface area (Å²) in [6.07, 6.45) is 9.30. The highest BCUT2D eigenvalue weighted by Crippen LogP contribution is 2.82. The summed E-state index contributed by atoms with van der Waals surface area (Å²) in [6.45, 7) is 6.78. The molecule has 0 aliphatic heterocycles. The molecule has 90 valence electrons. The molecular weight excluding hydrogens is 196 g/mol. The Balaban J connectivity index is 1.92. The van der Waals surface area contributed by atoms with Crippen LogP contribution in [-0.4, -0.2) is 5.78 Å². The topological polar surface area (TPSA) is 17.1 Å². The summed E-state index contributed by atoms with van der Waals surface area (Å²) in [5.41, 5.74) is 1.70. The van der Waals surface area contributed by atoms with E-state index in [1.807, 2.05) is 0 Å². The summed E-state index contributed by atoms with van der Waals surface area (Å²) in [5.74, 6) is 0.823. The number of ketones is 1. The van der Waals surface area contributed by atoms with Crippen LogP contribution >= 0.6 is 0 Å². The number of hydrogen-bond acceptors (Lipinski definition) is 1. The molecule has 0 bridgehead atoms. The van der Waals surface area contributed by atoms with Gasteiger partial charge in [-0.1, -0.05) is 20.3 Å². The van der Waals surface area contributed by atoms with E-state index in [1.165, 1.54) is 38.5 Å². The Morgan fingerprint density at radius 1 is 1.12 bits per heavy atom. The van der Waals surface area contributed by atoms with Gasteiger partial charge in [-0.15, -0.1) is 0 Å². The van der Waals surface area contributed by atoms with Crippen LogP contribution in [-0.2, 0) is 4.79 Å². The Labute approximate surface area is 99.0 Å². The van der Waals surface area contributed by atoms with Crippen molar-refractivity contribution in [3.8, 4) is 0 Å². The molecule has 2 unspecified atom stereocenters. The first-order valence-electron chi connectivity index (χ1n) is 6.93. The molecule has 1 heteroatoms. The van der Waals surface area contributed by atoms with Crippen molar-refractivity contribution >= 4 is 5.78 Å². The van der Waals surface area contributed by atoms with Crippen molar-refractivity contribution in [2.24, 2.45) is 22.2 Å². The van der Waals surface area contributed by atoms with E-state index < -0.39 is 0 Å². The van der Waals surface area contributed by atoms with E-state index in [2.05, 4.69) is 13.8 Å². The molecule has 0 aromatic heterocycles. The minimum Gasteiger partial charge on any atom is -0.300 e. The van der Waals surface area contributed by atoms with Crippen molar-refractivity contribution in [3.05, 3.63) is 0 Å². The molecule has 0 aromatic carbocycles. The molecule has 0 aromatic rings. The van der Waals surface area contributed by atoms with Crippen molar-refractivity contribution in [2.45, 2.75) is 65.7 Å². The molecule has 3 aliphatic rings. The number of carbonyl (C=O) groups excluding carboxylic acids is 1. The molecule has 3 saturated carbocycles. The maximum Gasteiger partial charge on any atom is 0.132 e. The Morgan fingerprint density at radius 3 is 2.50 bits per heavy atom. The Bertz CT molecular complexity index is 347. The molecule has 4 atom stereocenters. The second kappa shape index (κ2) is 2.91. The Hall–Kier alpha value is -0.330. The first-order chi connectivity index (χ1) is 7.43. The lowest BCUT2D eigenvalue weighted by atomic mass is 9.54. The third-order valence-corrected chi connectivity index (χ3v) is 6.55. The lowest BCUT2D eigenvalue weighted by Crippen LogP contribution is -2.43. The molecular formula is C15H24O. The largest absolute Gasteiger partial charge is 0.300 e. The fourth-order valence-corrected chi connectivity index (χ4v) is 5.29. The lowest BCUT2D eigenvalue weighted by Gasteiger charge is -2.50. The zero-order chi connectivity index (χ0) is 11.6. The standard InChI is InChI=1S/C15H24O/c1-11(16)12-5-8-13(2)6-4-7-14(3)10-15(13,14)9-12/h12H,4-10H2,1-3H3/t12?,13-,14?,15+/m1/s1. The maximum atomic E-state index is 11.6. The van der Waals surface area contributed by atoms with E-state index in [0.717, 1.165) is 6.42 Å². The van der Waals surface area contributed by atoms with Gasteiger partial charge < -0.3 is 0 Å². The van der Waals surface area contributed by atoms with Crippen molar-refractivity contribution in [1.82, 2.24) is 0 Å². The molecule has 0 saturated heterocycles. The lowest BCUT2D eigenvalue weighted by molar-refractivity contribution is -0.125. The molecule has 3 rings (SSSR count). The first kappa shape index (κ1) is 10.8. The van der Waals surface area contributed by atoms with Gasteiger partial charge in [0.25, 0.3) is 0 Å². The summed E-state index contributed by atoms with van der Waals surface area (Å²) in [7, 11) is 0. The normalized spacial score (nSPS) is 55.1. The maximum absolute atomic E-state index is 11.6. The van der Waals surface area contributed by atoms with Crippen molar-refractivity contribution in [3.63, 3.8) is 0 Å². The average molecular weight is 220 g/mol. The van der Waals surface area contributed by atoms with Gasteiger partial charge in [0.2, 0.25) is 0 Å². The molecule has 0 heterocycles. The van der Waals surface area contributed by atoms with Crippen molar-refractivity contribution in [2.75, 3.05) is 0 Å². The third-order valence-electron chi connectivity index (χ3n) is 6.55. The van der Waals surface area contributed by atoms with E-state index in [1.54, 1.807) is 6.92 Å². The predicted molar refractivity (Wildman–Crippen MR) is 65.1 cm³/mol. The second-order valence-electron chi connectivity index (χ2n) is 7.28. The highest BCUT2D eigenvalue weighted by atomic mass is 16.1. The smallest absolute Gasteiger partial charge is 0.132 e. The average Bonchev–Trinajstić information content (AvgIpc) is 2.80. The van der Waals surface area contributed by atoms with E-state index in [0.29, 0.717) is 27.9 Å². The van der Waals surface area contributed by atoms with Crippen LogP contribution < -0.4 is 0 Å². The predicted octanol–water partition coefficient (Wildman–Crippen LogP) is 3.96.